The van der Waals surface area contributed by atoms with Gasteiger partial charge in [0.15, 0.2) is 0 Å². The van der Waals surface area contributed by atoms with E-state index >= 15 is 0 Å². The van der Waals surface area contributed by atoms with E-state index in [1.54, 1.807) is 14.2 Å². The molecule has 0 aliphatic carbocycles. The van der Waals surface area contributed by atoms with Crippen LogP contribution in [0, 0.1) is 0 Å². The van der Waals surface area contributed by atoms with E-state index in [1.165, 1.54) is 0 Å². The van der Waals surface area contributed by atoms with Gasteiger partial charge < -0.3 is 20.1 Å². The van der Waals surface area contributed by atoms with Crippen LogP contribution in [0.25, 0.3) is 0 Å². The first kappa shape index (κ1) is 13.0. The number of methoxy groups -OCH3 is 2. The second-order valence-electron chi connectivity index (χ2n) is 5.10. The molecule has 1 unspecified atom stereocenters. The van der Waals surface area contributed by atoms with Crippen molar-refractivity contribution in [3.05, 3.63) is 18.2 Å². The zero-order chi connectivity index (χ0) is 13.2. The molecule has 1 fully saturated rings. The molecule has 100 valence electrons. The van der Waals surface area contributed by atoms with Gasteiger partial charge in [0.2, 0.25) is 0 Å². The maximum Gasteiger partial charge on any atom is 0.121 e. The van der Waals surface area contributed by atoms with E-state index in [4.69, 9.17) is 15.2 Å². The van der Waals surface area contributed by atoms with Crippen molar-refractivity contribution in [3.8, 4) is 5.75 Å². The molecule has 0 radical (unpaired) electrons. The summed E-state index contributed by atoms with van der Waals surface area (Å²) in [7, 11) is 3.43. The Labute approximate surface area is 109 Å². The minimum absolute atomic E-state index is 0.0788. The fraction of sp³-hybridized carbons (Fsp3) is 0.571. The minimum atomic E-state index is -0.0788. The molecular weight excluding hydrogens is 228 g/mol. The summed E-state index contributed by atoms with van der Waals surface area (Å²) >= 11 is 0. The molecule has 1 saturated heterocycles. The number of benzene rings is 1. The molecule has 4 nitrogen and oxygen atoms in total. The molecule has 2 N–H and O–H groups in total. The van der Waals surface area contributed by atoms with Crippen molar-refractivity contribution in [1.29, 1.82) is 0 Å². The predicted molar refractivity (Wildman–Crippen MR) is 74.3 cm³/mol. The molecule has 4 heteroatoms. The molecule has 1 aromatic rings. The summed E-state index contributed by atoms with van der Waals surface area (Å²) in [6.07, 6.45) is 2.21. The normalized spacial score (nSPS) is 24.1. The van der Waals surface area contributed by atoms with E-state index in [0.717, 1.165) is 43.1 Å². The lowest BCUT2D eigenvalue weighted by Crippen LogP contribution is -2.47. The van der Waals surface area contributed by atoms with E-state index in [-0.39, 0.29) is 5.60 Å². The van der Waals surface area contributed by atoms with Gasteiger partial charge >= 0.3 is 0 Å². The van der Waals surface area contributed by atoms with Crippen LogP contribution in [0.5, 0.6) is 5.75 Å². The molecular formula is C14H22N2O2. The maximum absolute atomic E-state index is 6.10. The minimum Gasteiger partial charge on any atom is -0.497 e. The van der Waals surface area contributed by atoms with Crippen molar-refractivity contribution in [1.82, 2.24) is 0 Å². The van der Waals surface area contributed by atoms with E-state index in [2.05, 4.69) is 11.8 Å². The van der Waals surface area contributed by atoms with Gasteiger partial charge in [-0.05, 0) is 31.9 Å². The first-order valence-corrected chi connectivity index (χ1v) is 6.31. The van der Waals surface area contributed by atoms with Gasteiger partial charge in [0, 0.05) is 26.3 Å². The van der Waals surface area contributed by atoms with Crippen molar-refractivity contribution in [2.24, 2.45) is 0 Å². The number of nitrogens with zero attached hydrogens (tertiary/aromatic N) is 1. The van der Waals surface area contributed by atoms with Gasteiger partial charge in [-0.3, -0.25) is 0 Å². The van der Waals surface area contributed by atoms with Crippen molar-refractivity contribution in [2.45, 2.75) is 25.4 Å². The van der Waals surface area contributed by atoms with Crippen LogP contribution in [-0.2, 0) is 4.74 Å². The Kier molecular flexibility index (Phi) is 3.66. The summed E-state index contributed by atoms with van der Waals surface area (Å²) in [4.78, 5) is 2.29. The quantitative estimate of drug-likeness (QED) is 0.836. The van der Waals surface area contributed by atoms with Crippen LogP contribution in [0.4, 0.5) is 11.4 Å². The first-order chi connectivity index (χ1) is 8.58. The summed E-state index contributed by atoms with van der Waals surface area (Å²) in [5, 5.41) is 0. The van der Waals surface area contributed by atoms with Gasteiger partial charge in [-0.2, -0.15) is 0 Å². The van der Waals surface area contributed by atoms with Crippen LogP contribution in [0.2, 0.25) is 0 Å². The lowest BCUT2D eigenvalue weighted by atomic mass is 9.94. The number of hydrogen-bond donors (Lipinski definition) is 1. The molecule has 2 rings (SSSR count). The van der Waals surface area contributed by atoms with Crippen LogP contribution in [0.1, 0.15) is 19.8 Å². The van der Waals surface area contributed by atoms with Crippen molar-refractivity contribution >= 4 is 11.4 Å². The highest BCUT2D eigenvalue weighted by atomic mass is 16.5. The van der Waals surface area contributed by atoms with Crippen LogP contribution in [0.15, 0.2) is 18.2 Å². The number of rotatable bonds is 3. The molecule has 1 heterocycles. The average Bonchev–Trinajstić information content (AvgIpc) is 2.38. The largest absolute Gasteiger partial charge is 0.497 e. The fourth-order valence-electron chi connectivity index (χ4n) is 2.53. The summed E-state index contributed by atoms with van der Waals surface area (Å²) < 4.78 is 10.8. The van der Waals surface area contributed by atoms with Gasteiger partial charge in [-0.25, -0.2) is 0 Å². The van der Waals surface area contributed by atoms with E-state index < -0.39 is 0 Å². The van der Waals surface area contributed by atoms with Crippen molar-refractivity contribution in [3.63, 3.8) is 0 Å². The third-order valence-electron chi connectivity index (χ3n) is 3.73. The summed E-state index contributed by atoms with van der Waals surface area (Å²) in [5.41, 5.74) is 7.84. The van der Waals surface area contributed by atoms with E-state index in [9.17, 15) is 0 Å². The smallest absolute Gasteiger partial charge is 0.121 e. The van der Waals surface area contributed by atoms with E-state index in [0.29, 0.717) is 0 Å². The Hall–Kier alpha value is -1.42. The van der Waals surface area contributed by atoms with Crippen molar-refractivity contribution in [2.75, 3.05) is 37.9 Å². The molecule has 0 saturated carbocycles. The number of anilines is 2. The average molecular weight is 250 g/mol. The monoisotopic (exact) mass is 250 g/mol. The number of piperidine rings is 1. The standard InChI is InChI=1S/C14H22N2O2/c1-14(18-3)7-4-8-16(10-14)13-6-5-11(17-2)9-12(13)15/h5-6,9H,4,7-8,10,15H2,1-3H3. The van der Waals surface area contributed by atoms with Gasteiger partial charge in [0.1, 0.15) is 5.75 Å². The van der Waals surface area contributed by atoms with Crippen molar-refractivity contribution < 1.29 is 9.47 Å². The van der Waals surface area contributed by atoms with Gasteiger partial charge in [-0.1, -0.05) is 0 Å². The number of hydrogen-bond acceptors (Lipinski definition) is 4. The zero-order valence-electron chi connectivity index (χ0n) is 11.4. The molecule has 18 heavy (non-hydrogen) atoms. The fourth-order valence-corrected chi connectivity index (χ4v) is 2.53. The third kappa shape index (κ3) is 2.53. The summed E-state index contributed by atoms with van der Waals surface area (Å²) in [6.45, 7) is 4.05. The van der Waals surface area contributed by atoms with Crippen LogP contribution in [0.3, 0.4) is 0 Å². The van der Waals surface area contributed by atoms with Crippen LogP contribution in [-0.4, -0.2) is 32.9 Å². The highest BCUT2D eigenvalue weighted by molar-refractivity contribution is 5.69. The lowest BCUT2D eigenvalue weighted by molar-refractivity contribution is -0.00462. The topological polar surface area (TPSA) is 47.7 Å². The third-order valence-corrected chi connectivity index (χ3v) is 3.73. The van der Waals surface area contributed by atoms with Gasteiger partial charge in [0.05, 0.1) is 24.1 Å². The molecule has 1 aliphatic rings. The predicted octanol–water partition coefficient (Wildman–Crippen LogP) is 2.28. The Morgan fingerprint density at radius 3 is 2.72 bits per heavy atom. The first-order valence-electron chi connectivity index (χ1n) is 6.31. The Morgan fingerprint density at radius 2 is 2.11 bits per heavy atom. The van der Waals surface area contributed by atoms with Crippen LogP contribution >= 0.6 is 0 Å². The Balaban J connectivity index is 2.21. The molecule has 0 amide bonds. The molecule has 0 spiro atoms. The Morgan fingerprint density at radius 1 is 1.33 bits per heavy atom. The SMILES string of the molecule is COc1ccc(N2CCCC(C)(OC)C2)c(N)c1. The highest BCUT2D eigenvalue weighted by Gasteiger charge is 2.31. The molecule has 0 aromatic heterocycles. The van der Waals surface area contributed by atoms with Crippen LogP contribution < -0.4 is 15.4 Å². The number of ether oxygens (including phenoxy) is 2. The lowest BCUT2D eigenvalue weighted by Gasteiger charge is -2.41. The second kappa shape index (κ2) is 5.06. The number of nitrogens with two attached hydrogens (primary N) is 1. The van der Waals surface area contributed by atoms with E-state index in [1.807, 2.05) is 18.2 Å². The second-order valence-corrected chi connectivity index (χ2v) is 5.10. The van der Waals surface area contributed by atoms with Gasteiger partial charge in [-0.15, -0.1) is 0 Å². The molecule has 1 atom stereocenters. The highest BCUT2D eigenvalue weighted by Crippen LogP contribution is 2.33. The summed E-state index contributed by atoms with van der Waals surface area (Å²) in [6, 6.07) is 5.84. The maximum atomic E-state index is 6.10. The Bertz CT molecular complexity index is 422. The molecule has 1 aromatic carbocycles. The molecule has 1 aliphatic heterocycles. The zero-order valence-corrected chi connectivity index (χ0v) is 11.4. The number of nitrogen functional groups attached to an aromatic ring is 1. The van der Waals surface area contributed by atoms with Gasteiger partial charge in [0.25, 0.3) is 0 Å². The summed E-state index contributed by atoms with van der Waals surface area (Å²) in [5.74, 6) is 0.794. The molecule has 0 bridgehead atoms.